The third-order valence-corrected chi connectivity index (χ3v) is 12.1. The van der Waals surface area contributed by atoms with E-state index in [-0.39, 0.29) is 29.1 Å². The second kappa shape index (κ2) is 11.4. The molecule has 0 spiro atoms. The van der Waals surface area contributed by atoms with E-state index in [1.54, 1.807) is 19.2 Å². The number of hydrogen-bond donors (Lipinski definition) is 2. The van der Waals surface area contributed by atoms with Crippen molar-refractivity contribution in [3.05, 3.63) is 52.1 Å². The molecule has 0 bridgehead atoms. The summed E-state index contributed by atoms with van der Waals surface area (Å²) < 4.78 is 47.4. The van der Waals surface area contributed by atoms with Gasteiger partial charge >= 0.3 is 13.1 Å². The molecule has 2 aromatic carbocycles. The van der Waals surface area contributed by atoms with Crippen molar-refractivity contribution in [1.82, 2.24) is 4.72 Å². The van der Waals surface area contributed by atoms with Gasteiger partial charge in [-0.1, -0.05) is 33.3 Å². The Morgan fingerprint density at radius 2 is 1.77 bits per heavy atom. The van der Waals surface area contributed by atoms with Gasteiger partial charge in [0, 0.05) is 5.69 Å². The Hall–Kier alpha value is -2.56. The third-order valence-electron chi connectivity index (χ3n) is 10.8. The van der Waals surface area contributed by atoms with Gasteiger partial charge in [-0.05, 0) is 128 Å². The first-order chi connectivity index (χ1) is 20.4. The Morgan fingerprint density at radius 3 is 2.44 bits per heavy atom. The molecular formula is C33H45BN2O6S. The number of carbonyl (C=O) groups is 1. The minimum Gasteiger partial charge on any atom is -0.496 e. The van der Waals surface area contributed by atoms with Crippen LogP contribution in [0.1, 0.15) is 87.6 Å². The van der Waals surface area contributed by atoms with Crippen molar-refractivity contribution in [2.24, 2.45) is 11.3 Å². The maximum atomic E-state index is 13.3. The third kappa shape index (κ3) is 5.71. The second-order valence-electron chi connectivity index (χ2n) is 13.8. The lowest BCUT2D eigenvalue weighted by Crippen LogP contribution is -2.52. The molecule has 3 atom stereocenters. The number of methoxy groups -OCH3 is 1. The van der Waals surface area contributed by atoms with Gasteiger partial charge < -0.3 is 19.4 Å². The molecule has 0 aromatic heterocycles. The van der Waals surface area contributed by atoms with Crippen molar-refractivity contribution in [2.45, 2.75) is 115 Å². The van der Waals surface area contributed by atoms with E-state index in [2.05, 4.69) is 43.8 Å². The molecule has 43 heavy (non-hydrogen) atoms. The fraction of sp³-hybridized carbons (Fsp3) is 0.606. The summed E-state index contributed by atoms with van der Waals surface area (Å²) >= 11 is 0. The van der Waals surface area contributed by atoms with Gasteiger partial charge in [-0.25, -0.2) is 17.9 Å². The van der Waals surface area contributed by atoms with Crippen LogP contribution in [-0.2, 0) is 51.4 Å². The first kappa shape index (κ1) is 30.5. The van der Waals surface area contributed by atoms with E-state index in [9.17, 15) is 13.2 Å². The number of ether oxygens (including phenoxy) is 1. The minimum atomic E-state index is -4.10. The van der Waals surface area contributed by atoms with Gasteiger partial charge in [0.15, 0.2) is 0 Å². The number of sulfonamides is 1. The highest BCUT2D eigenvalue weighted by molar-refractivity contribution is 7.90. The van der Waals surface area contributed by atoms with Gasteiger partial charge in [0.2, 0.25) is 0 Å². The van der Waals surface area contributed by atoms with Crippen LogP contribution in [0.15, 0.2) is 29.2 Å². The number of aryl methyl sites for hydroxylation is 3. The normalized spacial score (nSPS) is 25.7. The van der Waals surface area contributed by atoms with Crippen LogP contribution in [0.2, 0.25) is 6.32 Å². The summed E-state index contributed by atoms with van der Waals surface area (Å²) in [5, 5.41) is 2.92. The van der Waals surface area contributed by atoms with E-state index in [1.165, 1.54) is 17.2 Å². The van der Waals surface area contributed by atoms with Crippen LogP contribution in [0.3, 0.4) is 0 Å². The molecular weight excluding hydrogens is 563 g/mol. The van der Waals surface area contributed by atoms with E-state index < -0.39 is 16.1 Å². The van der Waals surface area contributed by atoms with Crippen molar-refractivity contribution in [2.75, 3.05) is 12.4 Å². The predicted molar refractivity (Wildman–Crippen MR) is 168 cm³/mol. The number of carbonyl (C=O) groups excluding carboxylic acids is 1. The number of hydrogen-bond acceptors (Lipinski definition) is 6. The molecule has 3 aliphatic carbocycles. The number of nitrogens with one attached hydrogen (secondary N) is 2. The lowest BCUT2D eigenvalue weighted by atomic mass is 9.61. The molecule has 1 aliphatic heterocycles. The van der Waals surface area contributed by atoms with E-state index in [0.29, 0.717) is 24.4 Å². The summed E-state index contributed by atoms with van der Waals surface area (Å²) in [7, 11) is -2.81. The Balaban J connectivity index is 1.11. The maximum Gasteiger partial charge on any atom is 0.457 e. The van der Waals surface area contributed by atoms with Crippen LogP contribution in [0.5, 0.6) is 5.75 Å². The van der Waals surface area contributed by atoms with Gasteiger partial charge in [-0.3, -0.25) is 0 Å². The average molecular weight is 609 g/mol. The Labute approximate surface area is 256 Å². The molecule has 1 saturated heterocycles. The van der Waals surface area contributed by atoms with Crippen molar-refractivity contribution in [3.63, 3.8) is 0 Å². The van der Waals surface area contributed by atoms with E-state index in [4.69, 9.17) is 14.0 Å². The van der Waals surface area contributed by atoms with Crippen LogP contribution < -0.4 is 14.8 Å². The number of anilines is 1. The van der Waals surface area contributed by atoms with E-state index in [0.717, 1.165) is 80.2 Å². The Bertz CT molecular complexity index is 1490. The van der Waals surface area contributed by atoms with Crippen molar-refractivity contribution in [3.8, 4) is 5.75 Å². The molecule has 2 amide bonds. The molecule has 0 unspecified atom stereocenters. The first-order valence-electron chi connectivity index (χ1n) is 15.9. The molecule has 1 saturated carbocycles. The van der Waals surface area contributed by atoms with Gasteiger partial charge in [-0.15, -0.1) is 0 Å². The van der Waals surface area contributed by atoms with E-state index >= 15 is 0 Å². The summed E-state index contributed by atoms with van der Waals surface area (Å²) in [6, 6.07) is 6.29. The quantitative estimate of drug-likeness (QED) is 0.345. The molecule has 1 heterocycles. The zero-order valence-electron chi connectivity index (χ0n) is 26.2. The molecule has 8 nitrogen and oxygen atoms in total. The molecule has 0 radical (unpaired) electrons. The van der Waals surface area contributed by atoms with Gasteiger partial charge in [-0.2, -0.15) is 0 Å². The summed E-state index contributed by atoms with van der Waals surface area (Å²) in [5.41, 5.74) is 6.34. The number of fused-ring (bicyclic) bond motifs is 3. The lowest BCUT2D eigenvalue weighted by molar-refractivity contribution is -0.0836. The van der Waals surface area contributed by atoms with Crippen LogP contribution in [0.4, 0.5) is 10.5 Å². The molecule has 4 aliphatic rings. The SMILES string of the molecule is COc1ccc(S(=O)(=O)NC(=O)Nc2c3c(cc4c2CCC4)CCC3)cc1CCCB1O[C@@H]2CCC(C)(C)[C@H](C)[C@]2(C)O1. The number of amides is 2. The number of benzene rings is 2. The Morgan fingerprint density at radius 1 is 1.07 bits per heavy atom. The lowest BCUT2D eigenvalue weighted by Gasteiger charge is -2.49. The monoisotopic (exact) mass is 608 g/mol. The highest BCUT2D eigenvalue weighted by Gasteiger charge is 2.57. The number of rotatable bonds is 8. The highest BCUT2D eigenvalue weighted by atomic mass is 32.2. The highest BCUT2D eigenvalue weighted by Crippen LogP contribution is 2.52. The average Bonchev–Trinajstić information content (AvgIpc) is 3.70. The molecule has 2 N–H and O–H groups in total. The topological polar surface area (TPSA) is 103 Å². The van der Waals surface area contributed by atoms with Gasteiger partial charge in [0.05, 0.1) is 23.7 Å². The van der Waals surface area contributed by atoms with Crippen molar-refractivity contribution in [1.29, 1.82) is 0 Å². The molecule has 232 valence electrons. The largest absolute Gasteiger partial charge is 0.496 e. The molecule has 2 fully saturated rings. The first-order valence-corrected chi connectivity index (χ1v) is 17.4. The second-order valence-corrected chi connectivity index (χ2v) is 15.4. The Kier molecular flexibility index (Phi) is 8.09. The standard InChI is InChI=1S/C33H45BN2O6S/c1-21-32(2,3)17-16-29-33(21,4)42-34(41-29)18-8-11-24-20-25(14-15-28(24)40-5)43(38,39)36-31(37)35-30-26-12-6-9-22(26)19-23-10-7-13-27(23)30/h14-15,19-21,29H,6-13,16-18H2,1-5H3,(H2,35,36,37)/t21-,29+,33-/m0/s1. The summed E-state index contributed by atoms with van der Waals surface area (Å²) in [6.07, 6.45) is 10.2. The van der Waals surface area contributed by atoms with Crippen LogP contribution >= 0.6 is 0 Å². The van der Waals surface area contributed by atoms with Crippen molar-refractivity contribution >= 4 is 28.9 Å². The fourth-order valence-corrected chi connectivity index (χ4v) is 8.88. The van der Waals surface area contributed by atoms with Crippen LogP contribution in [0, 0.1) is 11.3 Å². The predicted octanol–water partition coefficient (Wildman–Crippen LogP) is 6.23. The van der Waals surface area contributed by atoms with Crippen LogP contribution in [0.25, 0.3) is 0 Å². The van der Waals surface area contributed by atoms with E-state index in [1.807, 2.05) is 0 Å². The summed E-state index contributed by atoms with van der Waals surface area (Å²) in [5.74, 6) is 0.988. The van der Waals surface area contributed by atoms with Crippen LogP contribution in [-0.4, -0.2) is 40.4 Å². The summed E-state index contributed by atoms with van der Waals surface area (Å²) in [4.78, 5) is 13.1. The van der Waals surface area contributed by atoms with Gasteiger partial charge in [0.1, 0.15) is 5.75 Å². The van der Waals surface area contributed by atoms with Gasteiger partial charge in [0.25, 0.3) is 10.0 Å². The molecule has 2 aromatic rings. The zero-order chi connectivity index (χ0) is 30.6. The summed E-state index contributed by atoms with van der Waals surface area (Å²) in [6.45, 7) is 9.06. The fourth-order valence-electron chi connectivity index (χ4n) is 7.93. The minimum absolute atomic E-state index is 0.0323. The number of urea groups is 1. The maximum absolute atomic E-state index is 13.3. The van der Waals surface area contributed by atoms with Crippen molar-refractivity contribution < 1.29 is 27.3 Å². The zero-order valence-corrected chi connectivity index (χ0v) is 27.0. The molecule has 10 heteroatoms. The molecule has 6 rings (SSSR count). The smallest absolute Gasteiger partial charge is 0.457 e.